The summed E-state index contributed by atoms with van der Waals surface area (Å²) >= 11 is 0. The Bertz CT molecular complexity index is 1450. The fraction of sp³-hybridized carbons (Fsp3) is 0.771. The molecule has 6 atom stereocenters. The molecule has 0 fully saturated rings. The Labute approximate surface area is 418 Å². The van der Waals surface area contributed by atoms with E-state index < -0.39 is 60.1 Å². The normalized spacial score (nSPS) is 12.7. The van der Waals surface area contributed by atoms with Crippen LogP contribution in [0.3, 0.4) is 0 Å². The van der Waals surface area contributed by atoms with E-state index in [-0.39, 0.29) is 13.5 Å². The zero-order chi connectivity index (χ0) is 54.3. The molecule has 0 amide bonds. The number of unbranched alkanes of at least 4 members (excludes halogenated alkanes) is 4. The number of carboxylic acids is 5. The molecule has 70 heavy (non-hydrogen) atoms. The van der Waals surface area contributed by atoms with Crippen molar-refractivity contribution in [2.45, 2.75) is 219 Å². The van der Waals surface area contributed by atoms with Crippen LogP contribution in [-0.4, -0.2) is 134 Å². The zero-order valence-electron chi connectivity index (χ0n) is 42.3. The minimum atomic E-state index is -1.02. The molecule has 0 aromatic heterocycles. The summed E-state index contributed by atoms with van der Waals surface area (Å²) in [4.78, 5) is 51.7. The van der Waals surface area contributed by atoms with Crippen molar-refractivity contribution < 1.29 is 54.2 Å². The first-order valence-electron chi connectivity index (χ1n) is 24.1. The Hall–Kier alpha value is -4.55. The number of hydrogen-bond donors (Lipinski definition) is 16. The average molecular weight is 1010 g/mol. The quantitative estimate of drug-likeness (QED) is 0.0203. The van der Waals surface area contributed by atoms with E-state index in [0.29, 0.717) is 89.0 Å². The lowest BCUT2D eigenvalue weighted by Gasteiger charge is -2.12. The van der Waals surface area contributed by atoms with Gasteiger partial charge < -0.3 is 92.0 Å². The minimum Gasteiger partial charge on any atom is -0.480 e. The number of ether oxygens (including phenoxy) is 1. The van der Waals surface area contributed by atoms with Crippen LogP contribution >= 0.6 is 0 Å². The second-order valence-corrected chi connectivity index (χ2v) is 16.9. The number of aliphatic carboxylic acids is 5. The number of nitrogens with two attached hydrogens (primary N) is 7. The second-order valence-electron chi connectivity index (χ2n) is 16.9. The monoisotopic (exact) mass is 1010 g/mol. The first kappa shape index (κ1) is 76.9. The molecule has 0 spiro atoms. The number of rotatable bonds is 38. The Morgan fingerprint density at radius 2 is 0.843 bits per heavy atom. The Morgan fingerprint density at radius 1 is 0.471 bits per heavy atom. The second kappa shape index (κ2) is 52.3. The molecule has 0 aliphatic carbocycles. The summed E-state index contributed by atoms with van der Waals surface area (Å²) in [7, 11) is 0. The molecular formula is C48H99N11O11. The third-order valence-corrected chi connectivity index (χ3v) is 9.89. The van der Waals surface area contributed by atoms with Crippen molar-refractivity contribution in [3.8, 4) is 0 Å². The van der Waals surface area contributed by atoms with Crippen molar-refractivity contribution in [2.24, 2.45) is 40.1 Å². The fourth-order valence-corrected chi connectivity index (χ4v) is 5.49. The van der Waals surface area contributed by atoms with E-state index in [1.54, 1.807) is 0 Å². The largest absolute Gasteiger partial charge is 0.480 e. The summed E-state index contributed by atoms with van der Waals surface area (Å²) in [6.45, 7) is 13.0. The van der Waals surface area contributed by atoms with Crippen LogP contribution in [0.5, 0.6) is 0 Å². The van der Waals surface area contributed by atoms with Crippen LogP contribution < -0.4 is 40.1 Å². The lowest BCUT2D eigenvalue weighted by molar-refractivity contribution is -0.139. The van der Waals surface area contributed by atoms with Gasteiger partial charge >= 0.3 is 29.8 Å². The topological polar surface area (TPSA) is 473 Å². The van der Waals surface area contributed by atoms with Gasteiger partial charge in [0.2, 0.25) is 0 Å². The van der Waals surface area contributed by atoms with Crippen LogP contribution in [0.15, 0.2) is 12.2 Å². The first-order valence-corrected chi connectivity index (χ1v) is 24.1. The smallest absolute Gasteiger partial charge is 0.320 e. The van der Waals surface area contributed by atoms with Crippen molar-refractivity contribution in [3.05, 3.63) is 12.2 Å². The third-order valence-electron chi connectivity index (χ3n) is 9.89. The number of nitrogens with one attached hydrogen (secondary N) is 4. The Morgan fingerprint density at radius 3 is 1.27 bits per heavy atom. The van der Waals surface area contributed by atoms with E-state index in [9.17, 15) is 24.0 Å². The van der Waals surface area contributed by atoms with E-state index in [1.165, 1.54) is 0 Å². The Kier molecular flexibility index (Phi) is 57.4. The Balaban J connectivity index is -0.000000183. The molecule has 6 unspecified atom stereocenters. The van der Waals surface area contributed by atoms with Crippen molar-refractivity contribution in [3.63, 3.8) is 0 Å². The number of hydrogen-bond acceptors (Lipinski definition) is 17. The highest BCUT2D eigenvalue weighted by Crippen LogP contribution is 2.09. The molecule has 22 heteroatoms. The minimum absolute atomic E-state index is 0. The summed E-state index contributed by atoms with van der Waals surface area (Å²) in [6, 6.07) is -3.98. The summed E-state index contributed by atoms with van der Waals surface area (Å²) in [5, 5.41) is 72.2. The van der Waals surface area contributed by atoms with Gasteiger partial charge in [0.25, 0.3) is 0 Å². The lowest BCUT2D eigenvalue weighted by Crippen LogP contribution is -2.32. The van der Waals surface area contributed by atoms with Crippen LogP contribution in [0.25, 0.3) is 0 Å². The predicted molar refractivity (Wildman–Crippen MR) is 282 cm³/mol. The molecule has 0 saturated carbocycles. The molecule has 0 aromatic carbocycles. The summed E-state index contributed by atoms with van der Waals surface area (Å²) in [6.07, 6.45) is 16.8. The van der Waals surface area contributed by atoms with Gasteiger partial charge in [-0.25, -0.2) is 0 Å². The van der Waals surface area contributed by atoms with Gasteiger partial charge in [0, 0.05) is 41.9 Å². The molecule has 0 rings (SSSR count). The summed E-state index contributed by atoms with van der Waals surface area (Å²) in [5.41, 5.74) is 41.2. The highest BCUT2D eigenvalue weighted by Gasteiger charge is 2.15. The van der Waals surface area contributed by atoms with Crippen molar-refractivity contribution in [2.75, 3.05) is 19.8 Å². The van der Waals surface area contributed by atoms with E-state index in [4.69, 9.17) is 92.0 Å². The van der Waals surface area contributed by atoms with Gasteiger partial charge in [-0.2, -0.15) is 0 Å². The molecular weight excluding hydrogens is 907 g/mol. The average Bonchev–Trinajstić information content (AvgIpc) is 3.27. The molecule has 0 aliphatic heterocycles. The standard InChI is InChI=1S/C11H22N2O2.C10H20N2O3.C10H20N2O2.C9H18N2O2.C7H15N3O2.CH4/c1-2-9(12)7-5-3-4-6-8-10(13)11(14)15;1-2-3-8(11)4-6-15-7-5-9(12)10(13)14;1-2-5-8(11)6-3-4-7-9(12)10(13)14;1-6(2)5-7(10)3-4-8(11)9(12)13;8-4-3-5(9)1-2-6(10)7(11)12;/h10,12H,2-8,13H2,1H3,(H,14,15);9,11H,2-7,12H2,1H3,(H,13,14);9,11H,2-7,12H2,1H3,(H,13,14);7-8H,1,3-5,10-11H2,2H3,(H,12,13);6,9H,1-4,8,10H2,(H,11,12);1H4. The maximum absolute atomic E-state index is 10.4. The van der Waals surface area contributed by atoms with Gasteiger partial charge in [0.15, 0.2) is 0 Å². The maximum atomic E-state index is 10.4. The number of carbonyl (C=O) groups is 5. The fourth-order valence-electron chi connectivity index (χ4n) is 5.49. The van der Waals surface area contributed by atoms with E-state index in [1.807, 2.05) is 20.8 Å². The first-order chi connectivity index (χ1) is 32.2. The van der Waals surface area contributed by atoms with E-state index in [0.717, 1.165) is 107 Å². The summed E-state index contributed by atoms with van der Waals surface area (Å²) in [5.74, 6) is -4.84. The van der Waals surface area contributed by atoms with Gasteiger partial charge in [-0.05, 0) is 116 Å². The predicted octanol–water partition coefficient (Wildman–Crippen LogP) is 5.62. The third kappa shape index (κ3) is 59.6. The van der Waals surface area contributed by atoms with Crippen LogP contribution in [0, 0.1) is 21.6 Å². The van der Waals surface area contributed by atoms with Gasteiger partial charge in [0.05, 0.1) is 6.61 Å². The van der Waals surface area contributed by atoms with E-state index in [2.05, 4.69) is 13.5 Å². The SMILES string of the molecule is C.C=C(C)CC(N)CCC(N)C(=O)O.CCC(=N)CCCCCCC(N)C(=O)O.CCCC(=N)CCCCC(N)C(=O)O.CCCC(=N)CCOCCC(N)C(=O)O.N=C(CCN)CCC(N)C(=O)O. The molecule has 0 heterocycles. The van der Waals surface area contributed by atoms with Crippen molar-refractivity contribution in [1.29, 1.82) is 21.6 Å². The summed E-state index contributed by atoms with van der Waals surface area (Å²) < 4.78 is 5.19. The molecule has 412 valence electrons. The molecule has 23 N–H and O–H groups in total. The van der Waals surface area contributed by atoms with Gasteiger partial charge in [-0.1, -0.05) is 72.3 Å². The van der Waals surface area contributed by atoms with Crippen LogP contribution in [0.4, 0.5) is 0 Å². The van der Waals surface area contributed by atoms with Gasteiger partial charge in [0.1, 0.15) is 30.2 Å². The highest BCUT2D eigenvalue weighted by atomic mass is 16.5. The van der Waals surface area contributed by atoms with Gasteiger partial charge in [-0.15, -0.1) is 6.58 Å². The highest BCUT2D eigenvalue weighted by molar-refractivity contribution is 5.83. The van der Waals surface area contributed by atoms with Crippen molar-refractivity contribution >= 4 is 52.7 Å². The van der Waals surface area contributed by atoms with Crippen LogP contribution in [-0.2, 0) is 28.7 Å². The van der Waals surface area contributed by atoms with Gasteiger partial charge in [-0.3, -0.25) is 24.0 Å². The molecule has 0 bridgehead atoms. The number of carboxylic acid groups (broad SMARTS) is 5. The van der Waals surface area contributed by atoms with Crippen LogP contribution in [0.1, 0.15) is 183 Å². The zero-order valence-corrected chi connectivity index (χ0v) is 42.3. The molecule has 0 radical (unpaired) electrons. The van der Waals surface area contributed by atoms with E-state index >= 15 is 0 Å². The van der Waals surface area contributed by atoms with Crippen LogP contribution in [0.2, 0.25) is 0 Å². The lowest BCUT2D eigenvalue weighted by atomic mass is 10.0. The molecule has 22 nitrogen and oxygen atoms in total. The maximum Gasteiger partial charge on any atom is 0.320 e. The molecule has 0 aliphatic rings. The molecule has 0 saturated heterocycles. The molecule has 0 aromatic rings. The van der Waals surface area contributed by atoms with Crippen molar-refractivity contribution in [1.82, 2.24) is 0 Å².